The molecule has 1 atom stereocenters. The summed E-state index contributed by atoms with van der Waals surface area (Å²) in [6, 6.07) is 0. The van der Waals surface area contributed by atoms with Gasteiger partial charge in [-0.3, -0.25) is 14.4 Å². The van der Waals surface area contributed by atoms with Crippen LogP contribution in [0.4, 0.5) is 0 Å². The molecule has 0 saturated carbocycles. The Balaban J connectivity index is 4.24. The van der Waals surface area contributed by atoms with Gasteiger partial charge < -0.3 is 14.2 Å². The standard InChI is InChI=1S/C75H134O6/c1-4-7-10-13-16-19-22-25-27-29-31-33-34-35-36-37-38-39-40-42-43-45-47-50-53-56-59-62-65-68-74(77)80-71-72(70-79-73(76)67-64-61-58-55-52-49-24-21-18-15-12-9-6-3)81-75(78)69-66-63-60-57-54-51-48-46-44-41-32-30-28-26-23-20-17-14-11-8-5-2/h9,12,18,21,23,26,30,32,44,46,49,52,72H,4-8,10-11,13-17,19-20,22,24-25,27-29,31,33-43,45,47-48,50-51,53-71H2,1-3H3/b12-9-,21-18-,26-23-,32-30-,46-44-,52-49-. The van der Waals surface area contributed by atoms with Crippen molar-refractivity contribution in [1.82, 2.24) is 0 Å². The first-order valence-electron chi connectivity index (χ1n) is 35.4. The van der Waals surface area contributed by atoms with Gasteiger partial charge in [0.2, 0.25) is 0 Å². The minimum absolute atomic E-state index is 0.0875. The first-order valence-corrected chi connectivity index (χ1v) is 35.4. The van der Waals surface area contributed by atoms with E-state index in [2.05, 4.69) is 93.7 Å². The number of hydrogen-bond donors (Lipinski definition) is 0. The SMILES string of the molecule is CC/C=C\C/C=C\C/C=C\CCCCCC(=O)OCC(COC(=O)CCCCCCCCCCCCCCCCCCCCCCCCCCCCCCC)OC(=O)CCCCCCCC/C=C\C/C=C\C/C=C\CCCCCCC. The molecule has 0 N–H and O–H groups in total. The van der Waals surface area contributed by atoms with Crippen LogP contribution in [0.5, 0.6) is 0 Å². The molecule has 0 saturated heterocycles. The molecule has 0 bridgehead atoms. The average molecular weight is 1130 g/mol. The second kappa shape index (κ2) is 69.3. The van der Waals surface area contributed by atoms with Crippen molar-refractivity contribution in [1.29, 1.82) is 0 Å². The van der Waals surface area contributed by atoms with Gasteiger partial charge in [0.05, 0.1) is 0 Å². The first-order chi connectivity index (χ1) is 40.0. The Labute approximate surface area is 503 Å². The lowest BCUT2D eigenvalue weighted by atomic mass is 10.0. The Bertz CT molecular complexity index is 1490. The van der Waals surface area contributed by atoms with Crippen LogP contribution in [0.3, 0.4) is 0 Å². The fourth-order valence-electron chi connectivity index (χ4n) is 10.4. The van der Waals surface area contributed by atoms with E-state index in [4.69, 9.17) is 14.2 Å². The van der Waals surface area contributed by atoms with Gasteiger partial charge in [0.1, 0.15) is 13.2 Å². The number of hydrogen-bond acceptors (Lipinski definition) is 6. The third-order valence-electron chi connectivity index (χ3n) is 15.7. The van der Waals surface area contributed by atoms with Crippen molar-refractivity contribution >= 4 is 17.9 Å². The van der Waals surface area contributed by atoms with Crippen LogP contribution in [0.15, 0.2) is 72.9 Å². The summed E-state index contributed by atoms with van der Waals surface area (Å²) in [6.45, 7) is 6.53. The van der Waals surface area contributed by atoms with E-state index in [1.54, 1.807) is 0 Å². The highest BCUT2D eigenvalue weighted by molar-refractivity contribution is 5.71. The number of rotatable bonds is 65. The Kier molecular flexibility index (Phi) is 66.6. The summed E-state index contributed by atoms with van der Waals surface area (Å²) in [6.07, 6.45) is 90.9. The van der Waals surface area contributed by atoms with E-state index in [1.807, 2.05) is 0 Å². The number of carbonyl (C=O) groups is 3. The highest BCUT2D eigenvalue weighted by Crippen LogP contribution is 2.18. The lowest BCUT2D eigenvalue weighted by Crippen LogP contribution is -2.30. The Morgan fingerprint density at radius 2 is 0.481 bits per heavy atom. The zero-order valence-corrected chi connectivity index (χ0v) is 54.1. The molecule has 0 aromatic carbocycles. The second-order valence-corrected chi connectivity index (χ2v) is 23.8. The molecule has 81 heavy (non-hydrogen) atoms. The quantitative estimate of drug-likeness (QED) is 0.0261. The summed E-state index contributed by atoms with van der Waals surface area (Å²) in [5.41, 5.74) is 0. The molecule has 6 heteroatoms. The van der Waals surface area contributed by atoms with Crippen molar-refractivity contribution in [2.24, 2.45) is 0 Å². The second-order valence-electron chi connectivity index (χ2n) is 23.8. The van der Waals surface area contributed by atoms with Crippen LogP contribution < -0.4 is 0 Å². The normalized spacial score (nSPS) is 12.5. The summed E-state index contributed by atoms with van der Waals surface area (Å²) in [5, 5.41) is 0. The van der Waals surface area contributed by atoms with Crippen LogP contribution in [0.25, 0.3) is 0 Å². The molecule has 0 amide bonds. The van der Waals surface area contributed by atoms with Crippen molar-refractivity contribution in [2.45, 2.75) is 374 Å². The third-order valence-corrected chi connectivity index (χ3v) is 15.7. The number of esters is 3. The van der Waals surface area contributed by atoms with Crippen LogP contribution in [0.1, 0.15) is 367 Å². The number of ether oxygens (including phenoxy) is 3. The molecule has 0 radical (unpaired) electrons. The average Bonchev–Trinajstić information content (AvgIpc) is 3.46. The van der Waals surface area contributed by atoms with Crippen molar-refractivity contribution in [3.05, 3.63) is 72.9 Å². The van der Waals surface area contributed by atoms with Gasteiger partial charge in [-0.05, 0) is 89.9 Å². The van der Waals surface area contributed by atoms with Gasteiger partial charge in [0.25, 0.3) is 0 Å². The van der Waals surface area contributed by atoms with Gasteiger partial charge in [0.15, 0.2) is 6.10 Å². The highest BCUT2D eigenvalue weighted by Gasteiger charge is 2.19. The van der Waals surface area contributed by atoms with Crippen molar-refractivity contribution in [3.8, 4) is 0 Å². The van der Waals surface area contributed by atoms with Crippen molar-refractivity contribution in [3.63, 3.8) is 0 Å². The van der Waals surface area contributed by atoms with Gasteiger partial charge in [-0.25, -0.2) is 0 Å². The monoisotopic (exact) mass is 1130 g/mol. The maximum atomic E-state index is 12.9. The van der Waals surface area contributed by atoms with Gasteiger partial charge in [-0.1, -0.05) is 331 Å². The zero-order chi connectivity index (χ0) is 58.5. The highest BCUT2D eigenvalue weighted by atomic mass is 16.6. The first kappa shape index (κ1) is 77.9. The van der Waals surface area contributed by atoms with Gasteiger partial charge in [-0.2, -0.15) is 0 Å². The number of unbranched alkanes of at least 4 members (excludes halogenated alkanes) is 42. The predicted octanol–water partition coefficient (Wildman–Crippen LogP) is 24.4. The molecule has 6 nitrogen and oxygen atoms in total. The fraction of sp³-hybridized carbons (Fsp3) is 0.800. The fourth-order valence-corrected chi connectivity index (χ4v) is 10.4. The van der Waals surface area contributed by atoms with Gasteiger partial charge >= 0.3 is 17.9 Å². The molecule has 470 valence electrons. The van der Waals surface area contributed by atoms with Crippen molar-refractivity contribution < 1.29 is 28.6 Å². The van der Waals surface area contributed by atoms with Crippen LogP contribution in [-0.4, -0.2) is 37.2 Å². The Morgan fingerprint density at radius 3 is 0.765 bits per heavy atom. The molecule has 0 heterocycles. The molecule has 0 rings (SSSR count). The van der Waals surface area contributed by atoms with Crippen LogP contribution in [0, 0.1) is 0 Å². The Morgan fingerprint density at radius 1 is 0.259 bits per heavy atom. The lowest BCUT2D eigenvalue weighted by molar-refractivity contribution is -0.167. The molecule has 0 fully saturated rings. The molecule has 0 aromatic rings. The summed E-state index contributed by atoms with van der Waals surface area (Å²) in [5.74, 6) is -0.913. The Hall–Kier alpha value is -3.15. The molecule has 0 aliphatic carbocycles. The molecule has 0 spiro atoms. The topological polar surface area (TPSA) is 78.9 Å². The number of carbonyl (C=O) groups excluding carboxylic acids is 3. The maximum absolute atomic E-state index is 12.9. The van der Waals surface area contributed by atoms with E-state index in [9.17, 15) is 14.4 Å². The molecular formula is C75H134O6. The zero-order valence-electron chi connectivity index (χ0n) is 54.1. The van der Waals surface area contributed by atoms with E-state index in [0.29, 0.717) is 19.3 Å². The van der Waals surface area contributed by atoms with E-state index in [1.165, 1.54) is 218 Å². The summed E-state index contributed by atoms with van der Waals surface area (Å²) in [4.78, 5) is 38.4. The minimum Gasteiger partial charge on any atom is -0.462 e. The largest absolute Gasteiger partial charge is 0.462 e. The van der Waals surface area contributed by atoms with Crippen LogP contribution in [0.2, 0.25) is 0 Å². The smallest absolute Gasteiger partial charge is 0.306 e. The van der Waals surface area contributed by atoms with E-state index in [0.717, 1.165) is 109 Å². The minimum atomic E-state index is -0.795. The van der Waals surface area contributed by atoms with Gasteiger partial charge in [0, 0.05) is 19.3 Å². The molecular weight excluding hydrogens is 997 g/mol. The lowest BCUT2D eigenvalue weighted by Gasteiger charge is -2.18. The van der Waals surface area contributed by atoms with Crippen LogP contribution in [-0.2, 0) is 28.6 Å². The summed E-state index contributed by atoms with van der Waals surface area (Å²) < 4.78 is 16.9. The van der Waals surface area contributed by atoms with Crippen molar-refractivity contribution in [2.75, 3.05) is 13.2 Å². The molecule has 0 aliphatic rings. The summed E-state index contributed by atoms with van der Waals surface area (Å²) >= 11 is 0. The van der Waals surface area contributed by atoms with E-state index >= 15 is 0 Å². The maximum Gasteiger partial charge on any atom is 0.306 e. The van der Waals surface area contributed by atoms with E-state index in [-0.39, 0.29) is 31.1 Å². The van der Waals surface area contributed by atoms with Crippen LogP contribution >= 0.6 is 0 Å². The molecule has 0 aliphatic heterocycles. The van der Waals surface area contributed by atoms with E-state index < -0.39 is 6.10 Å². The number of allylic oxidation sites excluding steroid dienone is 12. The summed E-state index contributed by atoms with van der Waals surface area (Å²) in [7, 11) is 0. The molecule has 0 aromatic heterocycles. The third kappa shape index (κ3) is 67.5. The van der Waals surface area contributed by atoms with Gasteiger partial charge in [-0.15, -0.1) is 0 Å². The predicted molar refractivity (Wildman–Crippen MR) is 353 cm³/mol. The molecule has 1 unspecified atom stereocenters.